The standard InChI is InChI=1S/C23H26ClFN6O/c1-14-19(15(2)31(5)29-14)13-26-23(27-17-9-10-21(25)20(24)12-17)28-22(32)16-7-6-8-18(11-16)30(3)4/h6-12H,13H2,1-5H3,(H2,26,27,28,32). The number of anilines is 2. The summed E-state index contributed by atoms with van der Waals surface area (Å²) in [7, 11) is 5.68. The van der Waals surface area contributed by atoms with Crippen LogP contribution in [0.15, 0.2) is 47.5 Å². The molecule has 0 saturated carbocycles. The first-order valence-electron chi connectivity index (χ1n) is 10.00. The second-order valence-corrected chi connectivity index (χ2v) is 8.00. The van der Waals surface area contributed by atoms with Gasteiger partial charge in [-0.05, 0) is 50.2 Å². The van der Waals surface area contributed by atoms with Crippen molar-refractivity contribution in [2.75, 3.05) is 24.3 Å². The van der Waals surface area contributed by atoms with Crippen molar-refractivity contribution in [2.45, 2.75) is 20.4 Å². The van der Waals surface area contributed by atoms with E-state index in [0.717, 1.165) is 22.6 Å². The number of carbonyl (C=O) groups is 1. The summed E-state index contributed by atoms with van der Waals surface area (Å²) < 4.78 is 15.3. The van der Waals surface area contributed by atoms with E-state index in [0.29, 0.717) is 17.8 Å². The number of aryl methyl sites for hydroxylation is 2. The number of hydrogen-bond acceptors (Lipinski definition) is 4. The molecule has 2 aromatic carbocycles. The van der Waals surface area contributed by atoms with Crippen LogP contribution in [0.3, 0.4) is 0 Å². The molecule has 168 valence electrons. The number of aromatic nitrogens is 2. The van der Waals surface area contributed by atoms with Crippen LogP contribution < -0.4 is 15.5 Å². The Kier molecular flexibility index (Phi) is 7.15. The van der Waals surface area contributed by atoms with Gasteiger partial charge in [0.25, 0.3) is 5.91 Å². The van der Waals surface area contributed by atoms with Crippen LogP contribution in [0.4, 0.5) is 15.8 Å². The Morgan fingerprint density at radius 2 is 1.97 bits per heavy atom. The Morgan fingerprint density at radius 1 is 1.22 bits per heavy atom. The molecule has 0 unspecified atom stereocenters. The van der Waals surface area contributed by atoms with Crippen LogP contribution in [0.2, 0.25) is 5.02 Å². The zero-order valence-corrected chi connectivity index (χ0v) is 19.5. The average Bonchev–Trinajstić information content (AvgIpc) is 3.00. The highest BCUT2D eigenvalue weighted by Gasteiger charge is 2.13. The van der Waals surface area contributed by atoms with E-state index in [-0.39, 0.29) is 16.9 Å². The Labute approximate surface area is 191 Å². The van der Waals surface area contributed by atoms with Crippen LogP contribution in [0.25, 0.3) is 0 Å². The first-order valence-corrected chi connectivity index (χ1v) is 10.4. The van der Waals surface area contributed by atoms with Crippen molar-refractivity contribution >= 4 is 34.8 Å². The molecule has 0 aliphatic heterocycles. The average molecular weight is 457 g/mol. The highest BCUT2D eigenvalue weighted by molar-refractivity contribution is 6.31. The summed E-state index contributed by atoms with van der Waals surface area (Å²) in [6.45, 7) is 4.18. The van der Waals surface area contributed by atoms with Crippen molar-refractivity contribution < 1.29 is 9.18 Å². The second kappa shape index (κ2) is 9.82. The van der Waals surface area contributed by atoms with Gasteiger partial charge in [-0.15, -0.1) is 0 Å². The lowest BCUT2D eigenvalue weighted by Gasteiger charge is -2.15. The number of amides is 1. The highest BCUT2D eigenvalue weighted by atomic mass is 35.5. The zero-order chi connectivity index (χ0) is 23.4. The molecule has 0 spiro atoms. The summed E-state index contributed by atoms with van der Waals surface area (Å²) in [5.74, 6) is -0.634. The summed E-state index contributed by atoms with van der Waals surface area (Å²) in [5.41, 5.74) is 4.70. The molecule has 9 heteroatoms. The maximum Gasteiger partial charge on any atom is 0.258 e. The molecular formula is C23H26ClFN6O. The van der Waals surface area contributed by atoms with Gasteiger partial charge in [0.15, 0.2) is 0 Å². The molecule has 0 radical (unpaired) electrons. The molecular weight excluding hydrogens is 431 g/mol. The number of nitrogens with zero attached hydrogens (tertiary/aromatic N) is 4. The minimum Gasteiger partial charge on any atom is -0.378 e. The van der Waals surface area contributed by atoms with E-state index in [4.69, 9.17) is 11.6 Å². The van der Waals surface area contributed by atoms with Gasteiger partial charge >= 0.3 is 0 Å². The van der Waals surface area contributed by atoms with Crippen LogP contribution >= 0.6 is 11.6 Å². The lowest BCUT2D eigenvalue weighted by atomic mass is 10.2. The van der Waals surface area contributed by atoms with E-state index < -0.39 is 5.82 Å². The molecule has 1 heterocycles. The van der Waals surface area contributed by atoms with Crippen molar-refractivity contribution in [1.29, 1.82) is 0 Å². The van der Waals surface area contributed by atoms with E-state index in [2.05, 4.69) is 20.7 Å². The largest absolute Gasteiger partial charge is 0.378 e. The molecule has 0 fully saturated rings. The predicted molar refractivity (Wildman–Crippen MR) is 127 cm³/mol. The summed E-state index contributed by atoms with van der Waals surface area (Å²) >= 11 is 5.91. The van der Waals surface area contributed by atoms with E-state index in [1.807, 2.05) is 52.0 Å². The maximum atomic E-state index is 13.6. The van der Waals surface area contributed by atoms with Crippen molar-refractivity contribution in [3.63, 3.8) is 0 Å². The van der Waals surface area contributed by atoms with Gasteiger partial charge in [0.1, 0.15) is 5.82 Å². The summed E-state index contributed by atoms with van der Waals surface area (Å²) in [6.07, 6.45) is 0. The van der Waals surface area contributed by atoms with Crippen LogP contribution in [0.1, 0.15) is 27.3 Å². The van der Waals surface area contributed by atoms with E-state index in [1.165, 1.54) is 18.2 Å². The quantitative estimate of drug-likeness (QED) is 0.443. The number of carbonyl (C=O) groups excluding carboxylic acids is 1. The van der Waals surface area contributed by atoms with Crippen molar-refractivity contribution in [3.05, 3.63) is 75.8 Å². The maximum absolute atomic E-state index is 13.6. The number of nitrogens with one attached hydrogen (secondary N) is 2. The third-order valence-electron chi connectivity index (χ3n) is 5.09. The summed E-state index contributed by atoms with van der Waals surface area (Å²) in [5, 5.41) is 10.2. The fourth-order valence-corrected chi connectivity index (χ4v) is 3.31. The van der Waals surface area contributed by atoms with Crippen molar-refractivity contribution in [2.24, 2.45) is 12.0 Å². The second-order valence-electron chi connectivity index (χ2n) is 7.59. The van der Waals surface area contributed by atoms with E-state index in [9.17, 15) is 9.18 Å². The van der Waals surface area contributed by atoms with Crippen LogP contribution in [-0.2, 0) is 13.6 Å². The molecule has 0 aliphatic rings. The molecule has 0 bridgehead atoms. The van der Waals surface area contributed by atoms with Crippen LogP contribution in [0, 0.1) is 19.7 Å². The molecule has 1 amide bonds. The van der Waals surface area contributed by atoms with Gasteiger partial charge in [0.2, 0.25) is 5.96 Å². The third kappa shape index (κ3) is 5.45. The zero-order valence-electron chi connectivity index (χ0n) is 18.7. The molecule has 2 N–H and O–H groups in total. The van der Waals surface area contributed by atoms with Crippen molar-refractivity contribution in [3.8, 4) is 0 Å². The number of halogens is 2. The molecule has 7 nitrogen and oxygen atoms in total. The minimum absolute atomic E-state index is 0.0293. The SMILES string of the molecule is Cc1nn(C)c(C)c1CN=C(NC(=O)c1cccc(N(C)C)c1)Nc1ccc(F)c(Cl)c1. The lowest BCUT2D eigenvalue weighted by Crippen LogP contribution is -2.36. The fraction of sp³-hybridized carbons (Fsp3) is 0.261. The smallest absolute Gasteiger partial charge is 0.258 e. The van der Waals surface area contributed by atoms with Gasteiger partial charge < -0.3 is 10.2 Å². The van der Waals surface area contributed by atoms with Gasteiger partial charge in [0, 0.05) is 49.3 Å². The van der Waals surface area contributed by atoms with Gasteiger partial charge in [0.05, 0.1) is 17.3 Å². The van der Waals surface area contributed by atoms with Gasteiger partial charge in [-0.25, -0.2) is 9.38 Å². The monoisotopic (exact) mass is 456 g/mol. The normalized spacial score (nSPS) is 11.4. The summed E-state index contributed by atoms with van der Waals surface area (Å²) in [6, 6.07) is 11.5. The van der Waals surface area contributed by atoms with Crippen molar-refractivity contribution in [1.82, 2.24) is 15.1 Å². The van der Waals surface area contributed by atoms with E-state index >= 15 is 0 Å². The van der Waals surface area contributed by atoms with Crippen LogP contribution in [0.5, 0.6) is 0 Å². The number of hydrogen-bond donors (Lipinski definition) is 2. The number of rotatable bonds is 5. The Balaban J connectivity index is 1.89. The fourth-order valence-electron chi connectivity index (χ4n) is 3.13. The topological polar surface area (TPSA) is 74.5 Å². The molecule has 3 aromatic rings. The molecule has 0 saturated heterocycles. The minimum atomic E-state index is -0.526. The number of aliphatic imine (C=N–C) groups is 1. The van der Waals surface area contributed by atoms with Gasteiger partial charge in [-0.1, -0.05) is 17.7 Å². The molecule has 0 atom stereocenters. The summed E-state index contributed by atoms with van der Waals surface area (Å²) in [4.78, 5) is 19.4. The Morgan fingerprint density at radius 3 is 2.59 bits per heavy atom. The number of benzene rings is 2. The van der Waals surface area contributed by atoms with Gasteiger partial charge in [-0.2, -0.15) is 5.10 Å². The highest BCUT2D eigenvalue weighted by Crippen LogP contribution is 2.20. The Bertz CT molecular complexity index is 1170. The third-order valence-corrected chi connectivity index (χ3v) is 5.38. The lowest BCUT2D eigenvalue weighted by molar-refractivity contribution is 0.0977. The molecule has 0 aliphatic carbocycles. The molecule has 1 aromatic heterocycles. The Hall–Kier alpha value is -3.39. The molecule has 3 rings (SSSR count). The van der Waals surface area contributed by atoms with E-state index in [1.54, 1.807) is 16.8 Å². The number of guanidine groups is 1. The first kappa shape index (κ1) is 23.3. The van der Waals surface area contributed by atoms with Crippen LogP contribution in [-0.4, -0.2) is 35.7 Å². The van der Waals surface area contributed by atoms with Gasteiger partial charge in [-0.3, -0.25) is 14.8 Å². The molecule has 32 heavy (non-hydrogen) atoms. The first-order chi connectivity index (χ1) is 15.2. The predicted octanol–water partition coefficient (Wildman–Crippen LogP) is 4.29.